The number of piperazine rings is 1. The Morgan fingerprint density at radius 3 is 2.24 bits per heavy atom. The van der Waals surface area contributed by atoms with Crippen LogP contribution < -0.4 is 5.32 Å². The van der Waals surface area contributed by atoms with Gasteiger partial charge in [-0.15, -0.1) is 0 Å². The molecular weight excluding hydrogens is 364 g/mol. The van der Waals surface area contributed by atoms with Crippen LogP contribution in [-0.4, -0.2) is 59.3 Å². The van der Waals surface area contributed by atoms with Crippen molar-refractivity contribution in [1.29, 1.82) is 0 Å². The average Bonchev–Trinajstić information content (AvgIpc) is 2.78. The Hall–Kier alpha value is -2.73. The van der Waals surface area contributed by atoms with Gasteiger partial charge in [-0.25, -0.2) is 0 Å². The number of aromatic nitrogens is 1. The summed E-state index contributed by atoms with van der Waals surface area (Å²) in [7, 11) is 0. The van der Waals surface area contributed by atoms with Crippen molar-refractivity contribution in [2.24, 2.45) is 0 Å². The predicted octanol–water partition coefficient (Wildman–Crippen LogP) is 3.24. The number of likely N-dealkylation sites (N-methyl/N-ethyl adjacent to an activating group) is 1. The topological polar surface area (TPSA) is 65.5 Å². The molecule has 0 unspecified atom stereocenters. The summed E-state index contributed by atoms with van der Waals surface area (Å²) in [5.74, 6) is -0.327. The second-order valence-corrected chi connectivity index (χ2v) is 7.27. The van der Waals surface area contributed by atoms with Gasteiger partial charge in [0.15, 0.2) is 0 Å². The molecule has 0 aliphatic carbocycles. The molecule has 0 atom stereocenters. The molecule has 1 aliphatic rings. The average molecular weight is 395 g/mol. The van der Waals surface area contributed by atoms with E-state index in [4.69, 9.17) is 0 Å². The minimum absolute atomic E-state index is 0.0413. The summed E-state index contributed by atoms with van der Waals surface area (Å²) in [6, 6.07) is 9.35. The molecule has 0 spiro atoms. The second-order valence-electron chi connectivity index (χ2n) is 7.27. The van der Waals surface area contributed by atoms with Crippen LogP contribution in [-0.2, 0) is 12.8 Å². The maximum Gasteiger partial charge on any atom is 0.274 e. The number of nitrogens with one attached hydrogen (secondary N) is 1. The highest BCUT2D eigenvalue weighted by molar-refractivity contribution is 6.05. The fraction of sp³-hybridized carbons (Fsp3) is 0.435. The van der Waals surface area contributed by atoms with Gasteiger partial charge >= 0.3 is 0 Å². The van der Waals surface area contributed by atoms with E-state index < -0.39 is 0 Å². The molecular formula is C23H30N4O2. The van der Waals surface area contributed by atoms with E-state index in [0.29, 0.717) is 18.7 Å². The number of carbonyl (C=O) groups excluding carboxylic acids is 2. The van der Waals surface area contributed by atoms with Crippen LogP contribution in [0.5, 0.6) is 0 Å². The van der Waals surface area contributed by atoms with E-state index in [1.807, 2.05) is 23.1 Å². The number of para-hydroxylation sites is 1. The lowest BCUT2D eigenvalue weighted by molar-refractivity contribution is 0.0643. The molecule has 2 amide bonds. The molecule has 1 fully saturated rings. The van der Waals surface area contributed by atoms with E-state index in [-0.39, 0.29) is 17.5 Å². The van der Waals surface area contributed by atoms with Gasteiger partial charge in [0, 0.05) is 43.6 Å². The first-order valence-corrected chi connectivity index (χ1v) is 10.5. The fourth-order valence-corrected chi connectivity index (χ4v) is 3.72. The van der Waals surface area contributed by atoms with Crippen LogP contribution in [0.4, 0.5) is 5.69 Å². The van der Waals surface area contributed by atoms with Gasteiger partial charge in [0.2, 0.25) is 0 Å². The van der Waals surface area contributed by atoms with Crippen molar-refractivity contribution in [3.05, 3.63) is 58.9 Å². The predicted molar refractivity (Wildman–Crippen MR) is 115 cm³/mol. The van der Waals surface area contributed by atoms with Gasteiger partial charge < -0.3 is 15.1 Å². The van der Waals surface area contributed by atoms with E-state index >= 15 is 0 Å². The summed E-state index contributed by atoms with van der Waals surface area (Å²) < 4.78 is 0. The first kappa shape index (κ1) is 21.0. The number of carbonyl (C=O) groups is 2. The molecule has 0 radical (unpaired) electrons. The molecule has 6 heteroatoms. The lowest BCUT2D eigenvalue weighted by Gasteiger charge is -2.34. The van der Waals surface area contributed by atoms with Crippen LogP contribution >= 0.6 is 0 Å². The third-order valence-corrected chi connectivity index (χ3v) is 5.58. The highest BCUT2D eigenvalue weighted by atomic mass is 16.2. The molecule has 29 heavy (non-hydrogen) atoms. The highest BCUT2D eigenvalue weighted by Crippen LogP contribution is 2.23. The second kappa shape index (κ2) is 9.65. The summed E-state index contributed by atoms with van der Waals surface area (Å²) in [6.07, 6.45) is 3.20. The van der Waals surface area contributed by atoms with Crippen molar-refractivity contribution in [2.45, 2.75) is 33.6 Å². The number of nitrogens with zero attached hydrogens (tertiary/aromatic N) is 3. The van der Waals surface area contributed by atoms with Gasteiger partial charge in [0.25, 0.3) is 11.8 Å². The number of rotatable bonds is 6. The third-order valence-electron chi connectivity index (χ3n) is 5.58. The van der Waals surface area contributed by atoms with Crippen molar-refractivity contribution in [2.75, 3.05) is 38.0 Å². The molecule has 1 N–H and O–H groups in total. The molecule has 1 aliphatic heterocycles. The smallest absolute Gasteiger partial charge is 0.274 e. The fourth-order valence-electron chi connectivity index (χ4n) is 3.72. The first-order chi connectivity index (χ1) is 14.1. The quantitative estimate of drug-likeness (QED) is 0.817. The van der Waals surface area contributed by atoms with Crippen molar-refractivity contribution in [3.63, 3.8) is 0 Å². The normalized spacial score (nSPS) is 14.7. The van der Waals surface area contributed by atoms with Crippen LogP contribution in [0, 0.1) is 0 Å². The summed E-state index contributed by atoms with van der Waals surface area (Å²) >= 11 is 0. The number of anilines is 1. The van der Waals surface area contributed by atoms with Crippen molar-refractivity contribution >= 4 is 17.5 Å². The van der Waals surface area contributed by atoms with Gasteiger partial charge in [-0.2, -0.15) is 0 Å². The van der Waals surface area contributed by atoms with Gasteiger partial charge in [-0.3, -0.25) is 14.6 Å². The lowest BCUT2D eigenvalue weighted by Crippen LogP contribution is -2.48. The van der Waals surface area contributed by atoms with E-state index in [1.165, 1.54) is 6.20 Å². The van der Waals surface area contributed by atoms with Gasteiger partial charge in [0.1, 0.15) is 5.69 Å². The minimum Gasteiger partial charge on any atom is -0.336 e. The number of amides is 2. The van der Waals surface area contributed by atoms with Crippen LogP contribution in [0.3, 0.4) is 0 Å². The third kappa shape index (κ3) is 4.82. The maximum absolute atomic E-state index is 12.9. The Kier molecular flexibility index (Phi) is 6.99. The standard InChI is InChI=1S/C23H30N4O2/c1-4-17-8-7-9-18(5-2)21(17)25-22(28)20-16-19(10-11-24-20)23(29)27-14-12-26(6-3)13-15-27/h7-11,16H,4-6,12-15H2,1-3H3,(H,25,28). The van der Waals surface area contributed by atoms with Gasteiger partial charge in [-0.05, 0) is 42.6 Å². The van der Waals surface area contributed by atoms with Crippen molar-refractivity contribution in [1.82, 2.24) is 14.8 Å². The number of benzene rings is 1. The monoisotopic (exact) mass is 394 g/mol. The molecule has 1 aromatic carbocycles. The Morgan fingerprint density at radius 1 is 1.00 bits per heavy atom. The molecule has 1 saturated heterocycles. The summed E-state index contributed by atoms with van der Waals surface area (Å²) in [5, 5.41) is 3.02. The van der Waals surface area contributed by atoms with E-state index in [1.54, 1.807) is 12.1 Å². The van der Waals surface area contributed by atoms with E-state index in [2.05, 4.69) is 36.0 Å². The Morgan fingerprint density at radius 2 is 1.66 bits per heavy atom. The minimum atomic E-state index is -0.286. The number of aryl methyl sites for hydroxylation is 2. The largest absolute Gasteiger partial charge is 0.336 e. The number of hydrogen-bond donors (Lipinski definition) is 1. The van der Waals surface area contributed by atoms with Crippen LogP contribution in [0.15, 0.2) is 36.5 Å². The number of pyridine rings is 1. The maximum atomic E-state index is 12.9. The zero-order valence-electron chi connectivity index (χ0n) is 17.6. The molecule has 2 aromatic rings. The molecule has 2 heterocycles. The zero-order chi connectivity index (χ0) is 20.8. The molecule has 3 rings (SSSR count). The van der Waals surface area contributed by atoms with E-state index in [0.717, 1.165) is 49.3 Å². The summed E-state index contributed by atoms with van der Waals surface area (Å²) in [4.78, 5) is 34.1. The molecule has 0 saturated carbocycles. The van der Waals surface area contributed by atoms with Crippen LogP contribution in [0.2, 0.25) is 0 Å². The van der Waals surface area contributed by atoms with Crippen LogP contribution in [0.25, 0.3) is 0 Å². The summed E-state index contributed by atoms with van der Waals surface area (Å²) in [5.41, 5.74) is 3.82. The first-order valence-electron chi connectivity index (χ1n) is 10.5. The Bertz CT molecular complexity index is 851. The van der Waals surface area contributed by atoms with Gasteiger partial charge in [-0.1, -0.05) is 39.0 Å². The van der Waals surface area contributed by atoms with Gasteiger partial charge in [0.05, 0.1) is 0 Å². The lowest BCUT2D eigenvalue weighted by atomic mass is 10.0. The zero-order valence-corrected chi connectivity index (χ0v) is 17.6. The van der Waals surface area contributed by atoms with Crippen molar-refractivity contribution in [3.8, 4) is 0 Å². The Balaban J connectivity index is 1.76. The SMILES string of the molecule is CCc1cccc(CC)c1NC(=O)c1cc(C(=O)N2CCN(CC)CC2)ccn1. The Labute approximate surface area is 172 Å². The number of hydrogen-bond acceptors (Lipinski definition) is 4. The molecule has 1 aromatic heterocycles. The van der Waals surface area contributed by atoms with E-state index in [9.17, 15) is 9.59 Å². The highest BCUT2D eigenvalue weighted by Gasteiger charge is 2.22. The molecule has 6 nitrogen and oxygen atoms in total. The molecule has 154 valence electrons. The molecule has 0 bridgehead atoms. The summed E-state index contributed by atoms with van der Waals surface area (Å²) in [6.45, 7) is 10.5. The van der Waals surface area contributed by atoms with Crippen LogP contribution in [0.1, 0.15) is 52.7 Å². The van der Waals surface area contributed by atoms with Crippen molar-refractivity contribution < 1.29 is 9.59 Å².